The molecule has 0 spiro atoms. The molecule has 18 nitrogen and oxygen atoms in total. The molecule has 1 aromatic carbocycles. The van der Waals surface area contributed by atoms with Crippen LogP contribution in [0.5, 0.6) is 17.4 Å². The van der Waals surface area contributed by atoms with Crippen molar-refractivity contribution in [2.75, 3.05) is 12.3 Å². The number of nitrogen functional groups attached to an aromatic ring is 1. The molecule has 0 aliphatic carbocycles. The SMILES string of the molecule is C[C@H]1[C@@H](NC(=O)/C(=N\OCCCc2nc3cc(O)c(O)cc3nc2OC(=O)O)c2csc(N)n2)C(=O)N1S(=O)(=O)O. The van der Waals surface area contributed by atoms with Crippen molar-refractivity contribution in [2.24, 2.45) is 5.16 Å². The second-order valence-electron chi connectivity index (χ2n) is 8.42. The summed E-state index contributed by atoms with van der Waals surface area (Å²) in [6.45, 7) is 1.16. The Morgan fingerprint density at radius 2 is 1.85 bits per heavy atom. The van der Waals surface area contributed by atoms with Crippen LogP contribution in [0.1, 0.15) is 24.7 Å². The Labute approximate surface area is 233 Å². The van der Waals surface area contributed by atoms with Gasteiger partial charge in [0.25, 0.3) is 11.8 Å². The van der Waals surface area contributed by atoms with E-state index < -0.39 is 51.9 Å². The summed E-state index contributed by atoms with van der Waals surface area (Å²) >= 11 is 0.996. The van der Waals surface area contributed by atoms with Gasteiger partial charge in [-0.05, 0) is 19.8 Å². The van der Waals surface area contributed by atoms with Crippen LogP contribution in [0.15, 0.2) is 22.7 Å². The average Bonchev–Trinajstić information content (AvgIpc) is 3.30. The largest absolute Gasteiger partial charge is 0.512 e. The maximum atomic E-state index is 12.9. The lowest BCUT2D eigenvalue weighted by Gasteiger charge is -2.42. The molecule has 7 N–H and O–H groups in total. The molecule has 41 heavy (non-hydrogen) atoms. The molecule has 1 fully saturated rings. The molecule has 2 aromatic heterocycles. The monoisotopic (exact) mass is 611 g/mol. The number of carboxylic acid groups (broad SMARTS) is 1. The normalized spacial score (nSPS) is 17.3. The molecule has 0 unspecified atom stereocenters. The van der Waals surface area contributed by atoms with E-state index in [0.29, 0.717) is 0 Å². The van der Waals surface area contributed by atoms with Gasteiger partial charge in [0, 0.05) is 17.5 Å². The van der Waals surface area contributed by atoms with Gasteiger partial charge in [-0.1, -0.05) is 5.16 Å². The van der Waals surface area contributed by atoms with E-state index in [1.165, 1.54) is 12.3 Å². The van der Waals surface area contributed by atoms with E-state index in [9.17, 15) is 33.0 Å². The van der Waals surface area contributed by atoms with E-state index in [1.807, 2.05) is 0 Å². The van der Waals surface area contributed by atoms with Crippen molar-refractivity contribution < 1.29 is 52.2 Å². The molecule has 2 atom stereocenters. The summed E-state index contributed by atoms with van der Waals surface area (Å²) in [6.07, 6.45) is -1.45. The number of nitrogens with one attached hydrogen (secondary N) is 1. The van der Waals surface area contributed by atoms with Gasteiger partial charge in [0.2, 0.25) is 5.88 Å². The van der Waals surface area contributed by atoms with Gasteiger partial charge in [-0.15, -0.1) is 11.3 Å². The fourth-order valence-corrected chi connectivity index (χ4v) is 5.19. The molecule has 1 aliphatic heterocycles. The Kier molecular flexibility index (Phi) is 8.07. The van der Waals surface area contributed by atoms with Crippen molar-refractivity contribution in [2.45, 2.75) is 31.8 Å². The number of benzene rings is 1. The molecule has 1 saturated heterocycles. The molecule has 3 heterocycles. The summed E-state index contributed by atoms with van der Waals surface area (Å²) in [6, 6.07) is -0.115. The highest BCUT2D eigenvalue weighted by Crippen LogP contribution is 2.30. The molecule has 2 amide bonds. The molecule has 218 valence electrons. The fourth-order valence-electron chi connectivity index (χ4n) is 3.76. The summed E-state index contributed by atoms with van der Waals surface area (Å²) in [5, 5.41) is 36.0. The maximum Gasteiger partial charge on any atom is 0.512 e. The third kappa shape index (κ3) is 6.34. The first-order valence-corrected chi connectivity index (χ1v) is 13.7. The first kappa shape index (κ1) is 29.2. The Balaban J connectivity index is 1.46. The smallest absolute Gasteiger partial charge is 0.504 e. The van der Waals surface area contributed by atoms with E-state index in [-0.39, 0.29) is 62.9 Å². The number of ether oxygens (including phenoxy) is 1. The number of rotatable bonds is 10. The van der Waals surface area contributed by atoms with E-state index in [0.717, 1.165) is 23.5 Å². The standard InChI is InChI=1S/C21H21N7O11S2/c1-8-15(19(32)28(8)41(35,36)37)26-17(31)16(12-7-40-20(22)25-12)27-38-4-2-3-9-18(39-21(33)34)24-11-6-14(30)13(29)5-10(11)23-9/h5-8,15,29-30H,2-4H2,1H3,(H2,22,25)(H,26,31)(H,33,34)(H,35,36,37)/b27-16-/t8-,15+/m0/s1. The number of aryl methyl sites for hydroxylation is 1. The lowest BCUT2D eigenvalue weighted by Crippen LogP contribution is -2.71. The van der Waals surface area contributed by atoms with Crippen LogP contribution < -0.4 is 15.8 Å². The minimum Gasteiger partial charge on any atom is -0.504 e. The number of aromatic nitrogens is 3. The predicted octanol–water partition coefficient (Wildman–Crippen LogP) is 0.00830. The number of aromatic hydroxyl groups is 2. The van der Waals surface area contributed by atoms with Gasteiger partial charge < -0.3 is 35.9 Å². The topological polar surface area (TPSA) is 277 Å². The van der Waals surface area contributed by atoms with E-state index in [2.05, 4.69) is 30.2 Å². The van der Waals surface area contributed by atoms with Gasteiger partial charge in [0.15, 0.2) is 22.3 Å². The van der Waals surface area contributed by atoms with E-state index in [4.69, 9.17) is 20.2 Å². The fraction of sp³-hybridized carbons (Fsp3) is 0.286. The minimum absolute atomic E-state index is 0.0108. The molecule has 0 bridgehead atoms. The van der Waals surface area contributed by atoms with Crippen molar-refractivity contribution in [1.82, 2.24) is 24.6 Å². The predicted molar refractivity (Wildman–Crippen MR) is 139 cm³/mol. The first-order valence-electron chi connectivity index (χ1n) is 11.4. The summed E-state index contributed by atoms with van der Waals surface area (Å²) in [5.74, 6) is -3.28. The lowest BCUT2D eigenvalue weighted by atomic mass is 10.0. The van der Waals surface area contributed by atoms with Gasteiger partial charge >= 0.3 is 16.5 Å². The number of nitrogens with zero attached hydrogens (tertiary/aromatic N) is 5. The number of thiazole rings is 1. The number of β-lactam (4-membered cyclic amide) rings is 1. The third-order valence-corrected chi connectivity index (χ3v) is 7.32. The number of hydrogen-bond acceptors (Lipinski definition) is 15. The molecule has 0 saturated carbocycles. The number of carbonyl (C=O) groups excluding carboxylic acids is 2. The van der Waals surface area contributed by atoms with Gasteiger partial charge in [0.05, 0.1) is 17.1 Å². The quantitative estimate of drug-likeness (QED) is 0.0335. The van der Waals surface area contributed by atoms with Crippen molar-refractivity contribution in [3.8, 4) is 17.4 Å². The minimum atomic E-state index is -4.80. The van der Waals surface area contributed by atoms with Crippen molar-refractivity contribution in [3.63, 3.8) is 0 Å². The Hall–Kier alpha value is -4.82. The summed E-state index contributed by atoms with van der Waals surface area (Å²) in [5.41, 5.74) is 5.58. The molecule has 1 aliphatic rings. The van der Waals surface area contributed by atoms with Crippen LogP contribution in [0.2, 0.25) is 0 Å². The summed E-state index contributed by atoms with van der Waals surface area (Å²) in [7, 11) is -4.80. The van der Waals surface area contributed by atoms with Gasteiger partial charge in [0.1, 0.15) is 24.0 Å². The number of phenols is 2. The Bertz CT molecular complexity index is 1680. The summed E-state index contributed by atoms with van der Waals surface area (Å²) in [4.78, 5) is 53.6. The second kappa shape index (κ2) is 11.3. The Morgan fingerprint density at radius 1 is 1.20 bits per heavy atom. The van der Waals surface area contributed by atoms with Crippen LogP contribution in [0.25, 0.3) is 11.0 Å². The van der Waals surface area contributed by atoms with Gasteiger partial charge in [-0.25, -0.2) is 24.1 Å². The van der Waals surface area contributed by atoms with Gasteiger partial charge in [-0.2, -0.15) is 8.42 Å². The molecule has 3 aromatic rings. The maximum absolute atomic E-state index is 12.9. The number of hydrogen-bond donors (Lipinski definition) is 6. The third-order valence-electron chi connectivity index (χ3n) is 5.64. The first-order chi connectivity index (χ1) is 19.3. The molecular weight excluding hydrogens is 590 g/mol. The van der Waals surface area contributed by atoms with E-state index >= 15 is 0 Å². The Morgan fingerprint density at radius 3 is 2.41 bits per heavy atom. The van der Waals surface area contributed by atoms with Crippen LogP contribution >= 0.6 is 11.3 Å². The van der Waals surface area contributed by atoms with E-state index in [1.54, 1.807) is 0 Å². The molecule has 4 rings (SSSR count). The van der Waals surface area contributed by atoms with Crippen LogP contribution in [-0.4, -0.2) is 89.9 Å². The van der Waals surface area contributed by atoms with Crippen LogP contribution in [0, 0.1) is 0 Å². The molecular formula is C21H21N7O11S2. The number of carbonyl (C=O) groups is 3. The number of oxime groups is 1. The number of phenolic OH excluding ortho intramolecular Hbond substituents is 2. The zero-order valence-corrected chi connectivity index (χ0v) is 22.4. The number of amides is 2. The van der Waals surface area contributed by atoms with Crippen LogP contribution in [0.3, 0.4) is 0 Å². The summed E-state index contributed by atoms with van der Waals surface area (Å²) < 4.78 is 36.7. The zero-order chi connectivity index (χ0) is 30.1. The van der Waals surface area contributed by atoms with Gasteiger partial charge in [-0.3, -0.25) is 14.1 Å². The van der Waals surface area contributed by atoms with Crippen LogP contribution in [0.4, 0.5) is 9.93 Å². The molecule has 20 heteroatoms. The van der Waals surface area contributed by atoms with Crippen molar-refractivity contribution in [3.05, 3.63) is 28.9 Å². The second-order valence-corrected chi connectivity index (χ2v) is 10.6. The molecule has 0 radical (unpaired) electrons. The van der Waals surface area contributed by atoms with Crippen molar-refractivity contribution >= 4 is 61.5 Å². The highest BCUT2D eigenvalue weighted by molar-refractivity contribution is 7.84. The average molecular weight is 612 g/mol. The zero-order valence-electron chi connectivity index (χ0n) is 20.8. The number of nitrogens with two attached hydrogens (primary N) is 1. The van der Waals surface area contributed by atoms with Crippen molar-refractivity contribution in [1.29, 1.82) is 0 Å². The highest BCUT2D eigenvalue weighted by Gasteiger charge is 2.51. The number of anilines is 1. The lowest BCUT2D eigenvalue weighted by molar-refractivity contribution is -0.143. The highest BCUT2D eigenvalue weighted by atomic mass is 32.2. The van der Waals surface area contributed by atoms with Crippen LogP contribution in [-0.2, 0) is 31.2 Å². The number of fused-ring (bicyclic) bond motifs is 1.